The molecule has 1 heterocycles. The van der Waals surface area contributed by atoms with Crippen LogP contribution in [-0.4, -0.2) is 32.7 Å². The molecule has 1 aliphatic rings. The van der Waals surface area contributed by atoms with Gasteiger partial charge in [0.15, 0.2) is 0 Å². The number of carbonyl (C=O) groups excluding carboxylic acids is 1. The Kier molecular flexibility index (Phi) is 8.09. The maximum absolute atomic E-state index is 12.7. The van der Waals surface area contributed by atoms with E-state index in [2.05, 4.69) is 49.5 Å². The van der Waals surface area contributed by atoms with Gasteiger partial charge in [0.1, 0.15) is 12.4 Å². The fourth-order valence-electron chi connectivity index (χ4n) is 3.93. The molecule has 0 unspecified atom stereocenters. The summed E-state index contributed by atoms with van der Waals surface area (Å²) in [7, 11) is 1.87. The Morgan fingerprint density at radius 3 is 2.53 bits per heavy atom. The van der Waals surface area contributed by atoms with E-state index >= 15 is 0 Å². The van der Waals surface area contributed by atoms with Crippen LogP contribution in [0.3, 0.4) is 0 Å². The molecule has 0 aromatic heterocycles. The van der Waals surface area contributed by atoms with E-state index in [9.17, 15) is 4.79 Å². The molecule has 30 heavy (non-hydrogen) atoms. The molecule has 4 nitrogen and oxygen atoms in total. The fraction of sp³-hybridized carbons (Fsp3) is 0.423. The summed E-state index contributed by atoms with van der Waals surface area (Å²) in [5.41, 5.74) is 4.38. The molecule has 0 saturated heterocycles. The molecule has 1 aliphatic heterocycles. The van der Waals surface area contributed by atoms with Gasteiger partial charge in [0.05, 0.1) is 0 Å². The van der Waals surface area contributed by atoms with Crippen molar-refractivity contribution in [1.29, 1.82) is 0 Å². The molecule has 160 valence electrons. The summed E-state index contributed by atoms with van der Waals surface area (Å²) in [4.78, 5) is 14.5. The van der Waals surface area contributed by atoms with Gasteiger partial charge in [-0.15, -0.1) is 0 Å². The minimum absolute atomic E-state index is 0.0808. The zero-order chi connectivity index (χ0) is 21.3. The molecular weight excluding hydrogens is 372 g/mol. The topological polar surface area (TPSA) is 41.6 Å². The van der Waals surface area contributed by atoms with Gasteiger partial charge in [0.2, 0.25) is 5.91 Å². The highest BCUT2D eigenvalue weighted by Gasteiger charge is 2.20. The van der Waals surface area contributed by atoms with Gasteiger partial charge in [-0.1, -0.05) is 50.3 Å². The Labute approximate surface area is 180 Å². The molecule has 2 aromatic carbocycles. The molecule has 0 bridgehead atoms. The van der Waals surface area contributed by atoms with Crippen molar-refractivity contribution >= 4 is 17.2 Å². The van der Waals surface area contributed by atoms with Crippen LogP contribution < -0.4 is 15.0 Å². The molecule has 1 amide bonds. The Morgan fingerprint density at radius 1 is 1.07 bits per heavy atom. The van der Waals surface area contributed by atoms with E-state index in [1.807, 2.05) is 31.3 Å². The number of carbonyl (C=O) groups is 1. The number of nitrogens with one attached hydrogen (secondary N) is 1. The third-order valence-corrected chi connectivity index (χ3v) is 5.85. The number of amides is 1. The first kappa shape index (κ1) is 22.1. The standard InChI is InChI=1S/C26H34N2O2/c1-4-20(5-2)26(29)28(3)22-15-13-21(14-16-22)23-10-8-9-17-27-18-19-30-25-12-7-6-11-24(23)25/h6-7,10-16,20,27H,4-5,8-9,17-19H2,1-3H3/b23-10-. The first-order valence-electron chi connectivity index (χ1n) is 11.2. The van der Waals surface area contributed by atoms with Crippen LogP contribution in [0.4, 0.5) is 5.69 Å². The molecule has 0 spiro atoms. The summed E-state index contributed by atoms with van der Waals surface area (Å²) in [6.45, 7) is 6.66. The Balaban J connectivity index is 1.90. The number of para-hydroxylation sites is 1. The highest BCUT2D eigenvalue weighted by Crippen LogP contribution is 2.33. The Morgan fingerprint density at radius 2 is 1.80 bits per heavy atom. The van der Waals surface area contributed by atoms with E-state index in [4.69, 9.17) is 4.74 Å². The van der Waals surface area contributed by atoms with Crippen LogP contribution in [0.2, 0.25) is 0 Å². The lowest BCUT2D eigenvalue weighted by atomic mass is 9.95. The lowest BCUT2D eigenvalue weighted by Gasteiger charge is -2.23. The summed E-state index contributed by atoms with van der Waals surface area (Å²) in [5.74, 6) is 1.18. The van der Waals surface area contributed by atoms with Crippen molar-refractivity contribution in [2.45, 2.75) is 39.5 Å². The van der Waals surface area contributed by atoms with Crippen LogP contribution in [0, 0.1) is 5.92 Å². The number of rotatable bonds is 5. The fourth-order valence-corrected chi connectivity index (χ4v) is 3.93. The molecule has 4 heteroatoms. The van der Waals surface area contributed by atoms with E-state index < -0.39 is 0 Å². The highest BCUT2D eigenvalue weighted by molar-refractivity contribution is 5.94. The first-order chi connectivity index (χ1) is 14.7. The van der Waals surface area contributed by atoms with Gasteiger partial charge in [-0.05, 0) is 61.6 Å². The smallest absolute Gasteiger partial charge is 0.229 e. The van der Waals surface area contributed by atoms with Crippen molar-refractivity contribution in [2.75, 3.05) is 31.6 Å². The minimum Gasteiger partial charge on any atom is -0.492 e. The maximum Gasteiger partial charge on any atom is 0.229 e. The molecule has 1 N–H and O–H groups in total. The number of hydrogen-bond donors (Lipinski definition) is 1. The third-order valence-electron chi connectivity index (χ3n) is 5.85. The van der Waals surface area contributed by atoms with Gasteiger partial charge in [0.25, 0.3) is 0 Å². The van der Waals surface area contributed by atoms with Gasteiger partial charge in [-0.2, -0.15) is 0 Å². The van der Waals surface area contributed by atoms with E-state index in [0.29, 0.717) is 6.61 Å². The average molecular weight is 407 g/mol. The van der Waals surface area contributed by atoms with Crippen molar-refractivity contribution in [3.63, 3.8) is 0 Å². The van der Waals surface area contributed by atoms with Crippen molar-refractivity contribution in [3.05, 3.63) is 65.7 Å². The predicted molar refractivity (Wildman–Crippen MR) is 125 cm³/mol. The SMILES string of the molecule is CCC(CC)C(=O)N(C)c1ccc(/C2=C/CCCNCCOc3ccccc32)cc1. The van der Waals surface area contributed by atoms with Gasteiger partial charge in [-0.25, -0.2) is 0 Å². The van der Waals surface area contributed by atoms with Crippen molar-refractivity contribution < 1.29 is 9.53 Å². The maximum atomic E-state index is 12.7. The summed E-state index contributed by atoms with van der Waals surface area (Å²) in [6.07, 6.45) is 6.15. The zero-order valence-electron chi connectivity index (χ0n) is 18.5. The molecule has 0 radical (unpaired) electrons. The molecule has 0 aliphatic carbocycles. The third kappa shape index (κ3) is 5.31. The van der Waals surface area contributed by atoms with Gasteiger partial charge in [-0.3, -0.25) is 4.79 Å². The minimum atomic E-state index is 0.0808. The molecular formula is C26H34N2O2. The van der Waals surface area contributed by atoms with Crippen LogP contribution in [0.5, 0.6) is 5.75 Å². The number of nitrogens with zero attached hydrogens (tertiary/aromatic N) is 1. The van der Waals surface area contributed by atoms with Crippen LogP contribution in [0.1, 0.15) is 50.7 Å². The first-order valence-corrected chi connectivity index (χ1v) is 11.2. The number of allylic oxidation sites excluding steroid dienone is 1. The van der Waals surface area contributed by atoms with Crippen LogP contribution in [0.25, 0.3) is 5.57 Å². The van der Waals surface area contributed by atoms with Gasteiger partial charge in [0, 0.05) is 30.8 Å². The molecule has 0 saturated carbocycles. The van der Waals surface area contributed by atoms with Crippen LogP contribution >= 0.6 is 0 Å². The van der Waals surface area contributed by atoms with Crippen molar-refractivity contribution in [2.24, 2.45) is 5.92 Å². The normalized spacial score (nSPS) is 16.6. The van der Waals surface area contributed by atoms with Crippen molar-refractivity contribution in [1.82, 2.24) is 5.32 Å². The van der Waals surface area contributed by atoms with E-state index in [1.165, 1.54) is 5.57 Å². The van der Waals surface area contributed by atoms with Gasteiger partial charge < -0.3 is 15.0 Å². The second-order valence-electron chi connectivity index (χ2n) is 7.81. The monoisotopic (exact) mass is 406 g/mol. The lowest BCUT2D eigenvalue weighted by molar-refractivity contribution is -0.122. The predicted octanol–water partition coefficient (Wildman–Crippen LogP) is 5.28. The van der Waals surface area contributed by atoms with E-state index in [0.717, 1.165) is 61.3 Å². The molecule has 2 aromatic rings. The molecule has 0 atom stereocenters. The lowest BCUT2D eigenvalue weighted by Crippen LogP contribution is -2.32. The largest absolute Gasteiger partial charge is 0.492 e. The zero-order valence-corrected chi connectivity index (χ0v) is 18.5. The summed E-state index contributed by atoms with van der Waals surface area (Å²) < 4.78 is 6.06. The summed E-state index contributed by atoms with van der Waals surface area (Å²) in [6, 6.07) is 16.6. The summed E-state index contributed by atoms with van der Waals surface area (Å²) in [5, 5.41) is 3.43. The second kappa shape index (κ2) is 11.0. The quantitative estimate of drug-likeness (QED) is 0.734. The number of benzene rings is 2. The van der Waals surface area contributed by atoms with Gasteiger partial charge >= 0.3 is 0 Å². The van der Waals surface area contributed by atoms with Crippen molar-refractivity contribution in [3.8, 4) is 5.75 Å². The van der Waals surface area contributed by atoms with E-state index in [1.54, 1.807) is 4.90 Å². The van der Waals surface area contributed by atoms with E-state index in [-0.39, 0.29) is 11.8 Å². The highest BCUT2D eigenvalue weighted by atomic mass is 16.5. The molecule has 0 fully saturated rings. The number of hydrogen-bond acceptors (Lipinski definition) is 3. The van der Waals surface area contributed by atoms with Crippen LogP contribution in [0.15, 0.2) is 54.6 Å². The Hall–Kier alpha value is -2.59. The number of fused-ring (bicyclic) bond motifs is 1. The molecule has 3 rings (SSSR count). The average Bonchev–Trinajstić information content (AvgIpc) is 2.83. The number of ether oxygens (including phenoxy) is 1. The summed E-state index contributed by atoms with van der Waals surface area (Å²) >= 11 is 0. The second-order valence-corrected chi connectivity index (χ2v) is 7.81. The number of anilines is 1. The Bertz CT molecular complexity index is 854. The van der Waals surface area contributed by atoms with Crippen LogP contribution in [-0.2, 0) is 4.79 Å².